The quantitative estimate of drug-likeness (QED) is 0.261. The third-order valence-electron chi connectivity index (χ3n) is 5.66. The Balaban J connectivity index is 1.23. The molecule has 0 fully saturated rings. The molecular weight excluding hydrogens is 480 g/mol. The number of rotatable bonds is 8. The molecule has 0 unspecified atom stereocenters. The number of hydrogen-bond acceptors (Lipinski definition) is 8. The van der Waals surface area contributed by atoms with Crippen molar-refractivity contribution in [3.63, 3.8) is 0 Å². The molecule has 9 nitrogen and oxygen atoms in total. The molecule has 4 aromatic heterocycles. The second-order valence-electron chi connectivity index (χ2n) is 7.93. The highest BCUT2D eigenvalue weighted by molar-refractivity contribution is 7.99. The summed E-state index contributed by atoms with van der Waals surface area (Å²) in [4.78, 5) is 12.9. The molecule has 4 heterocycles. The molecule has 0 atom stereocenters. The minimum Gasteiger partial charge on any atom is -0.495 e. The lowest BCUT2D eigenvalue weighted by atomic mass is 10.1. The van der Waals surface area contributed by atoms with Crippen LogP contribution in [0, 0.1) is 0 Å². The summed E-state index contributed by atoms with van der Waals surface area (Å²) in [5.41, 5.74) is 1.97. The van der Waals surface area contributed by atoms with Gasteiger partial charge in [-0.25, -0.2) is 0 Å². The Morgan fingerprint density at radius 3 is 2.67 bits per heavy atom. The third-order valence-corrected chi connectivity index (χ3v) is 6.62. The number of aromatic nitrogens is 3. The van der Waals surface area contributed by atoms with E-state index < -0.39 is 0 Å². The van der Waals surface area contributed by atoms with E-state index >= 15 is 0 Å². The largest absolute Gasteiger partial charge is 0.495 e. The standard InChI is InChI=1S/C26H20N4O5S/c1-32-23-12-18-17-7-2-3-8-20(17)35-22(18)13-19(23)27-24(31)15-36-26-29-28-25(21-9-5-11-34-21)30(26)14-16-6-4-10-33-16/h2-13H,14-15H2,1H3,(H,27,31). The maximum atomic E-state index is 12.9. The molecule has 0 saturated heterocycles. The zero-order valence-electron chi connectivity index (χ0n) is 19.1. The number of hydrogen-bond donors (Lipinski definition) is 1. The third kappa shape index (κ3) is 4.11. The smallest absolute Gasteiger partial charge is 0.234 e. The van der Waals surface area contributed by atoms with E-state index in [1.54, 1.807) is 31.8 Å². The van der Waals surface area contributed by atoms with Crippen LogP contribution in [0.4, 0.5) is 5.69 Å². The van der Waals surface area contributed by atoms with Crippen molar-refractivity contribution >= 4 is 45.3 Å². The number of para-hydroxylation sites is 1. The summed E-state index contributed by atoms with van der Waals surface area (Å²) < 4.78 is 24.4. The van der Waals surface area contributed by atoms with Crippen LogP contribution in [0.25, 0.3) is 33.5 Å². The number of furan rings is 3. The zero-order valence-corrected chi connectivity index (χ0v) is 20.0. The van der Waals surface area contributed by atoms with Crippen molar-refractivity contribution < 1.29 is 22.8 Å². The summed E-state index contributed by atoms with van der Waals surface area (Å²) in [6.07, 6.45) is 3.19. The number of amides is 1. The fourth-order valence-electron chi connectivity index (χ4n) is 4.02. The predicted octanol–water partition coefficient (Wildman–Crippen LogP) is 5.82. The van der Waals surface area contributed by atoms with Crippen molar-refractivity contribution in [2.24, 2.45) is 0 Å². The molecule has 1 amide bonds. The van der Waals surface area contributed by atoms with Crippen LogP contribution >= 0.6 is 11.8 Å². The maximum Gasteiger partial charge on any atom is 0.234 e. The second-order valence-corrected chi connectivity index (χ2v) is 8.88. The van der Waals surface area contributed by atoms with Crippen LogP contribution < -0.4 is 10.1 Å². The molecule has 2 aromatic carbocycles. The maximum absolute atomic E-state index is 12.9. The molecule has 10 heteroatoms. The van der Waals surface area contributed by atoms with E-state index in [1.165, 1.54) is 11.8 Å². The molecule has 0 aliphatic heterocycles. The highest BCUT2D eigenvalue weighted by atomic mass is 32.2. The predicted molar refractivity (Wildman–Crippen MR) is 135 cm³/mol. The summed E-state index contributed by atoms with van der Waals surface area (Å²) >= 11 is 1.26. The summed E-state index contributed by atoms with van der Waals surface area (Å²) in [7, 11) is 1.57. The number of carbonyl (C=O) groups is 1. The molecule has 36 heavy (non-hydrogen) atoms. The SMILES string of the molecule is COc1cc2c(cc1NC(=O)CSc1nnc(-c3ccco3)n1Cc1ccco1)oc1ccccc12. The average molecular weight is 501 g/mol. The van der Waals surface area contributed by atoms with E-state index in [2.05, 4.69) is 15.5 Å². The first-order chi connectivity index (χ1) is 17.7. The van der Waals surface area contributed by atoms with Crippen LogP contribution in [0.5, 0.6) is 5.75 Å². The fourth-order valence-corrected chi connectivity index (χ4v) is 4.76. The normalized spacial score (nSPS) is 11.4. The first-order valence-corrected chi connectivity index (χ1v) is 12.1. The van der Waals surface area contributed by atoms with Crippen molar-refractivity contribution in [1.82, 2.24) is 14.8 Å². The lowest BCUT2D eigenvalue weighted by Crippen LogP contribution is -2.15. The number of fused-ring (bicyclic) bond motifs is 3. The molecule has 180 valence electrons. The van der Waals surface area contributed by atoms with Crippen LogP contribution in [-0.2, 0) is 11.3 Å². The number of carbonyl (C=O) groups excluding carboxylic acids is 1. The molecule has 0 spiro atoms. The Morgan fingerprint density at radius 2 is 1.86 bits per heavy atom. The van der Waals surface area contributed by atoms with Gasteiger partial charge in [0.1, 0.15) is 22.7 Å². The summed E-state index contributed by atoms with van der Waals surface area (Å²) in [5, 5.41) is 14.0. The van der Waals surface area contributed by atoms with Crippen LogP contribution in [0.3, 0.4) is 0 Å². The minimum atomic E-state index is -0.221. The van der Waals surface area contributed by atoms with E-state index in [0.29, 0.717) is 40.3 Å². The molecule has 0 aliphatic rings. The van der Waals surface area contributed by atoms with Crippen LogP contribution in [0.2, 0.25) is 0 Å². The number of ether oxygens (including phenoxy) is 1. The van der Waals surface area contributed by atoms with Crippen molar-refractivity contribution in [3.8, 4) is 17.3 Å². The Labute approximate surface area is 209 Å². The van der Waals surface area contributed by atoms with Gasteiger partial charge in [0.2, 0.25) is 11.7 Å². The monoisotopic (exact) mass is 500 g/mol. The first kappa shape index (κ1) is 22.1. The first-order valence-electron chi connectivity index (χ1n) is 11.1. The molecule has 6 rings (SSSR count). The molecule has 0 radical (unpaired) electrons. The second kappa shape index (κ2) is 9.31. The topological polar surface area (TPSA) is 108 Å². The number of thioether (sulfide) groups is 1. The highest BCUT2D eigenvalue weighted by Crippen LogP contribution is 2.36. The van der Waals surface area contributed by atoms with Crippen molar-refractivity contribution in [3.05, 3.63) is 79.0 Å². The lowest BCUT2D eigenvalue weighted by molar-refractivity contribution is -0.113. The van der Waals surface area contributed by atoms with Crippen LogP contribution in [0.1, 0.15) is 5.76 Å². The van der Waals surface area contributed by atoms with Crippen molar-refractivity contribution in [2.45, 2.75) is 11.7 Å². The average Bonchev–Trinajstić information content (AvgIpc) is 3.69. The summed E-state index contributed by atoms with van der Waals surface area (Å²) in [6, 6.07) is 18.7. The molecule has 0 aliphatic carbocycles. The van der Waals surface area contributed by atoms with Gasteiger partial charge >= 0.3 is 0 Å². The number of nitrogens with one attached hydrogen (secondary N) is 1. The number of benzene rings is 2. The Kier molecular flexibility index (Phi) is 5.70. The highest BCUT2D eigenvalue weighted by Gasteiger charge is 2.19. The van der Waals surface area contributed by atoms with Gasteiger partial charge in [-0.3, -0.25) is 9.36 Å². The zero-order chi connectivity index (χ0) is 24.5. The van der Waals surface area contributed by atoms with Gasteiger partial charge in [-0.1, -0.05) is 30.0 Å². The van der Waals surface area contributed by atoms with Crippen LogP contribution in [-0.4, -0.2) is 33.5 Å². The number of anilines is 1. The molecule has 1 N–H and O–H groups in total. The van der Waals surface area contributed by atoms with E-state index in [9.17, 15) is 4.79 Å². The number of methoxy groups -OCH3 is 1. The minimum absolute atomic E-state index is 0.107. The Morgan fingerprint density at radius 1 is 1.00 bits per heavy atom. The van der Waals surface area contributed by atoms with Gasteiger partial charge in [0.05, 0.1) is 37.6 Å². The van der Waals surface area contributed by atoms with E-state index in [4.69, 9.17) is 18.0 Å². The Bertz CT molecular complexity index is 1650. The van der Waals surface area contributed by atoms with Gasteiger partial charge in [0.15, 0.2) is 10.9 Å². The van der Waals surface area contributed by atoms with E-state index in [-0.39, 0.29) is 11.7 Å². The Hall–Kier alpha value is -4.44. The van der Waals surface area contributed by atoms with Gasteiger partial charge in [-0.15, -0.1) is 10.2 Å². The van der Waals surface area contributed by atoms with Gasteiger partial charge in [0, 0.05) is 16.8 Å². The summed E-state index contributed by atoms with van der Waals surface area (Å²) in [5.74, 6) is 2.30. The lowest BCUT2D eigenvalue weighted by Gasteiger charge is -2.11. The van der Waals surface area contributed by atoms with Crippen molar-refractivity contribution in [2.75, 3.05) is 18.2 Å². The van der Waals surface area contributed by atoms with E-state index in [1.807, 2.05) is 53.1 Å². The van der Waals surface area contributed by atoms with Crippen molar-refractivity contribution in [1.29, 1.82) is 0 Å². The van der Waals surface area contributed by atoms with E-state index in [0.717, 1.165) is 22.1 Å². The van der Waals surface area contributed by atoms with Gasteiger partial charge in [-0.2, -0.15) is 0 Å². The fraction of sp³-hybridized carbons (Fsp3) is 0.115. The molecular formula is C26H20N4O5S. The molecule has 6 aromatic rings. The van der Waals surface area contributed by atoms with Crippen LogP contribution in [0.15, 0.2) is 91.6 Å². The van der Waals surface area contributed by atoms with Gasteiger partial charge < -0.3 is 23.3 Å². The molecule has 0 bridgehead atoms. The molecule has 0 saturated carbocycles. The summed E-state index contributed by atoms with van der Waals surface area (Å²) in [6.45, 7) is 0.399. The number of nitrogens with zero attached hydrogens (tertiary/aromatic N) is 3. The van der Waals surface area contributed by atoms with Gasteiger partial charge in [0.25, 0.3) is 0 Å². The van der Waals surface area contributed by atoms with Gasteiger partial charge in [-0.05, 0) is 36.4 Å².